The maximum absolute atomic E-state index is 14.3. The predicted octanol–water partition coefficient (Wildman–Crippen LogP) is 4.10. The summed E-state index contributed by atoms with van der Waals surface area (Å²) in [5.41, 5.74) is 0.0141. The van der Waals surface area contributed by atoms with Crippen molar-refractivity contribution >= 4 is 27.5 Å². The molecule has 1 aliphatic heterocycles. The fourth-order valence-electron chi connectivity index (χ4n) is 5.17. The van der Waals surface area contributed by atoms with E-state index in [1.807, 2.05) is 19.9 Å². The summed E-state index contributed by atoms with van der Waals surface area (Å²) < 4.78 is 28.3. The standard InChI is InChI=1S/C28H33FN4O5S/c1-5-23-17(2)24-26(35)33(18(3)25(34)31-12-6-7-13-31)28(36)32(27(24)39-23)16-22(38-14-8-11-30)20-15-19(29)9-10-21(20)37-4/h9-10,15,18,22H,5-8,12-14,16H2,1-4H3/t18?,22-/m0/s1. The molecule has 4 rings (SSSR count). The second-order valence-electron chi connectivity index (χ2n) is 9.61. The average Bonchev–Trinajstić information content (AvgIpc) is 3.58. The highest BCUT2D eigenvalue weighted by Gasteiger charge is 2.30. The van der Waals surface area contributed by atoms with Gasteiger partial charge in [0, 0.05) is 23.5 Å². The van der Waals surface area contributed by atoms with Gasteiger partial charge in [0.15, 0.2) is 0 Å². The Bertz CT molecular complexity index is 1530. The summed E-state index contributed by atoms with van der Waals surface area (Å²) >= 11 is 1.35. The molecule has 3 aromatic rings. The molecule has 0 N–H and O–H groups in total. The number of fused-ring (bicyclic) bond motifs is 1. The predicted molar refractivity (Wildman–Crippen MR) is 147 cm³/mol. The fraction of sp³-hybridized carbons (Fsp3) is 0.500. The van der Waals surface area contributed by atoms with Crippen LogP contribution in [0, 0.1) is 24.1 Å². The molecule has 1 amide bonds. The first-order valence-corrected chi connectivity index (χ1v) is 13.9. The topological polar surface area (TPSA) is 107 Å². The van der Waals surface area contributed by atoms with Crippen molar-refractivity contribution in [2.45, 2.75) is 65.1 Å². The van der Waals surface area contributed by atoms with Crippen molar-refractivity contribution in [3.63, 3.8) is 0 Å². The van der Waals surface area contributed by atoms with Crippen molar-refractivity contribution < 1.29 is 18.7 Å². The molecule has 1 aliphatic rings. The molecule has 0 aliphatic carbocycles. The molecule has 1 saturated heterocycles. The van der Waals surface area contributed by atoms with Crippen molar-refractivity contribution in [1.82, 2.24) is 14.0 Å². The minimum Gasteiger partial charge on any atom is -0.496 e. The fourth-order valence-corrected chi connectivity index (χ4v) is 6.41. The summed E-state index contributed by atoms with van der Waals surface area (Å²) in [7, 11) is 1.45. The monoisotopic (exact) mass is 556 g/mol. The number of hydrogen-bond donors (Lipinski definition) is 0. The highest BCUT2D eigenvalue weighted by atomic mass is 32.1. The summed E-state index contributed by atoms with van der Waals surface area (Å²) in [5.74, 6) is -0.410. The van der Waals surface area contributed by atoms with Gasteiger partial charge >= 0.3 is 5.69 Å². The normalized spacial score (nSPS) is 14.9. The zero-order valence-electron chi connectivity index (χ0n) is 22.7. The van der Waals surface area contributed by atoms with Gasteiger partial charge in [-0.2, -0.15) is 5.26 Å². The number of benzene rings is 1. The Labute approximate surface area is 230 Å². The van der Waals surface area contributed by atoms with Crippen LogP contribution in [0.1, 0.15) is 61.3 Å². The molecule has 0 radical (unpaired) electrons. The van der Waals surface area contributed by atoms with Crippen molar-refractivity contribution in [3.8, 4) is 11.8 Å². The third kappa shape index (κ3) is 5.49. The van der Waals surface area contributed by atoms with E-state index in [0.29, 0.717) is 41.0 Å². The van der Waals surface area contributed by atoms with Gasteiger partial charge in [0.1, 0.15) is 28.5 Å². The van der Waals surface area contributed by atoms with E-state index in [4.69, 9.17) is 14.7 Å². The first-order chi connectivity index (χ1) is 18.7. The Balaban J connectivity index is 1.92. The lowest BCUT2D eigenvalue weighted by Crippen LogP contribution is -2.47. The summed E-state index contributed by atoms with van der Waals surface area (Å²) in [5, 5.41) is 9.45. The molecule has 2 atom stereocenters. The van der Waals surface area contributed by atoms with E-state index in [1.54, 1.807) is 11.8 Å². The van der Waals surface area contributed by atoms with E-state index >= 15 is 0 Å². The van der Waals surface area contributed by atoms with Crippen molar-refractivity contribution in [3.05, 3.63) is 60.9 Å². The Morgan fingerprint density at radius 3 is 2.62 bits per heavy atom. The van der Waals surface area contributed by atoms with Gasteiger partial charge in [0.25, 0.3) is 5.56 Å². The Morgan fingerprint density at radius 2 is 1.97 bits per heavy atom. The number of aryl methyl sites for hydroxylation is 2. The van der Waals surface area contributed by atoms with Crippen molar-refractivity contribution in [1.29, 1.82) is 5.26 Å². The first-order valence-electron chi connectivity index (χ1n) is 13.1. The van der Waals surface area contributed by atoms with Crippen LogP contribution >= 0.6 is 11.3 Å². The summed E-state index contributed by atoms with van der Waals surface area (Å²) in [4.78, 5) is 44.2. The SMILES string of the molecule is CCc1sc2c(c1C)c(=O)n(C(C)C(=O)N1CCCC1)c(=O)n2C[C@H](OCCC#N)c1cc(F)ccc1OC. The van der Waals surface area contributed by atoms with E-state index < -0.39 is 29.2 Å². The van der Waals surface area contributed by atoms with Gasteiger partial charge in [-0.1, -0.05) is 6.92 Å². The number of carbonyl (C=O) groups is 1. The molecule has 1 fully saturated rings. The number of hydrogen-bond acceptors (Lipinski definition) is 7. The van der Waals surface area contributed by atoms with Crippen LogP contribution in [0.2, 0.25) is 0 Å². The van der Waals surface area contributed by atoms with Gasteiger partial charge in [-0.05, 0) is 56.9 Å². The number of aromatic nitrogens is 2. The Kier molecular flexibility index (Phi) is 8.87. The minimum absolute atomic E-state index is 0.0475. The molecule has 11 heteroatoms. The molecule has 0 saturated carbocycles. The van der Waals surface area contributed by atoms with Crippen LogP contribution in [-0.2, 0) is 22.5 Å². The highest BCUT2D eigenvalue weighted by molar-refractivity contribution is 7.18. The smallest absolute Gasteiger partial charge is 0.332 e. The number of thiophene rings is 1. The van der Waals surface area contributed by atoms with Crippen LogP contribution in [0.25, 0.3) is 10.2 Å². The van der Waals surface area contributed by atoms with Gasteiger partial charge in [-0.25, -0.2) is 13.8 Å². The van der Waals surface area contributed by atoms with Crippen molar-refractivity contribution in [2.75, 3.05) is 26.8 Å². The number of nitriles is 1. The number of ether oxygens (including phenoxy) is 2. The molecule has 0 spiro atoms. The van der Waals surface area contributed by atoms with Gasteiger partial charge < -0.3 is 14.4 Å². The van der Waals surface area contributed by atoms with E-state index in [0.717, 1.165) is 27.8 Å². The van der Waals surface area contributed by atoms with Gasteiger partial charge in [0.05, 0.1) is 38.1 Å². The Hall–Kier alpha value is -3.49. The number of halogens is 1. The molecule has 208 valence electrons. The van der Waals surface area contributed by atoms with Crippen LogP contribution in [0.5, 0.6) is 5.75 Å². The average molecular weight is 557 g/mol. The quantitative estimate of drug-likeness (QED) is 0.348. The van der Waals surface area contributed by atoms with E-state index in [9.17, 15) is 18.8 Å². The summed E-state index contributed by atoms with van der Waals surface area (Å²) in [6, 6.07) is 5.05. The lowest BCUT2D eigenvalue weighted by molar-refractivity contribution is -0.133. The zero-order valence-corrected chi connectivity index (χ0v) is 23.5. The van der Waals surface area contributed by atoms with Crippen LogP contribution in [-0.4, -0.2) is 46.7 Å². The van der Waals surface area contributed by atoms with Gasteiger partial charge in [0.2, 0.25) is 5.91 Å². The summed E-state index contributed by atoms with van der Waals surface area (Å²) in [6.07, 6.45) is 1.67. The van der Waals surface area contributed by atoms with E-state index in [1.165, 1.54) is 41.2 Å². The lowest BCUT2D eigenvalue weighted by atomic mass is 10.1. The molecule has 1 unspecified atom stereocenters. The van der Waals surface area contributed by atoms with E-state index in [-0.39, 0.29) is 25.5 Å². The number of methoxy groups -OCH3 is 1. The third-order valence-electron chi connectivity index (χ3n) is 7.25. The second kappa shape index (κ2) is 12.1. The Morgan fingerprint density at radius 1 is 1.26 bits per heavy atom. The van der Waals surface area contributed by atoms with Gasteiger partial charge in [-0.15, -0.1) is 11.3 Å². The largest absolute Gasteiger partial charge is 0.496 e. The zero-order chi connectivity index (χ0) is 28.3. The molecule has 1 aromatic carbocycles. The second-order valence-corrected chi connectivity index (χ2v) is 10.7. The van der Waals surface area contributed by atoms with E-state index in [2.05, 4.69) is 0 Å². The van der Waals surface area contributed by atoms with Crippen LogP contribution < -0.4 is 16.0 Å². The minimum atomic E-state index is -0.996. The molecular formula is C28H33FN4O5S. The first kappa shape index (κ1) is 28.5. The number of carbonyl (C=O) groups excluding carboxylic acids is 1. The molecule has 2 aromatic heterocycles. The number of nitrogens with zero attached hydrogens (tertiary/aromatic N) is 4. The van der Waals surface area contributed by atoms with Gasteiger partial charge in [-0.3, -0.25) is 14.2 Å². The molecule has 3 heterocycles. The number of rotatable bonds is 10. The molecular weight excluding hydrogens is 523 g/mol. The third-order valence-corrected chi connectivity index (χ3v) is 8.70. The molecule has 39 heavy (non-hydrogen) atoms. The number of amides is 1. The highest BCUT2D eigenvalue weighted by Crippen LogP contribution is 2.33. The van der Waals surface area contributed by atoms with Crippen molar-refractivity contribution in [2.24, 2.45) is 0 Å². The van der Waals surface area contributed by atoms with Crippen LogP contribution in [0.4, 0.5) is 4.39 Å². The van der Waals surface area contributed by atoms with Crippen LogP contribution in [0.15, 0.2) is 27.8 Å². The maximum Gasteiger partial charge on any atom is 0.332 e. The number of likely N-dealkylation sites (tertiary alicyclic amines) is 1. The maximum atomic E-state index is 14.3. The molecule has 0 bridgehead atoms. The summed E-state index contributed by atoms with van der Waals surface area (Å²) in [6.45, 7) is 6.57. The molecule has 9 nitrogen and oxygen atoms in total. The van der Waals surface area contributed by atoms with Crippen LogP contribution in [0.3, 0.4) is 0 Å². The lowest BCUT2D eigenvalue weighted by Gasteiger charge is -2.24.